The van der Waals surface area contributed by atoms with Crippen molar-refractivity contribution in [1.29, 1.82) is 0 Å². The fraction of sp³-hybridized carbons (Fsp3) is 0.778. The highest BCUT2D eigenvalue weighted by Crippen LogP contribution is 2.20. The number of nitrogens with one attached hydrogen (secondary N) is 2. The van der Waals surface area contributed by atoms with Gasteiger partial charge in [0.05, 0.1) is 0 Å². The molecule has 1 unspecified atom stereocenters. The predicted molar refractivity (Wildman–Crippen MR) is 59.8 cm³/mol. The first-order valence-electron chi connectivity index (χ1n) is 4.98. The van der Waals surface area contributed by atoms with Gasteiger partial charge in [0.1, 0.15) is 6.04 Å². The Kier molecular flexibility index (Phi) is 7.01. The minimum atomic E-state index is -4.22. The van der Waals surface area contributed by atoms with E-state index in [1.807, 2.05) is 0 Å². The van der Waals surface area contributed by atoms with Gasteiger partial charge in [-0.25, -0.2) is 0 Å². The van der Waals surface area contributed by atoms with Gasteiger partial charge in [0.15, 0.2) is 0 Å². The molecule has 0 bridgehead atoms. The highest BCUT2D eigenvalue weighted by Gasteiger charge is 2.26. The average molecular weight is 272 g/mol. The molecule has 0 spiro atoms. The molecule has 0 radical (unpaired) electrons. The quantitative estimate of drug-likeness (QED) is 0.496. The lowest BCUT2D eigenvalue weighted by molar-refractivity contribution is -0.136. The molecule has 4 nitrogen and oxygen atoms in total. The molecule has 0 rings (SSSR count). The smallest absolute Gasteiger partial charge is 0.354 e. The van der Waals surface area contributed by atoms with Crippen LogP contribution in [0.4, 0.5) is 13.2 Å². The maximum absolute atomic E-state index is 11.8. The average Bonchev–Trinajstić information content (AvgIpc) is 2.19. The van der Waals surface area contributed by atoms with Crippen LogP contribution in [-0.2, 0) is 9.59 Å². The van der Waals surface area contributed by atoms with Crippen LogP contribution < -0.4 is 10.6 Å². The molecule has 0 aliphatic heterocycles. The molecule has 0 saturated carbocycles. The summed E-state index contributed by atoms with van der Waals surface area (Å²) in [6.45, 7) is 1.16. The largest absolute Gasteiger partial charge is 0.389 e. The maximum atomic E-state index is 11.8. The van der Waals surface area contributed by atoms with Gasteiger partial charge in [-0.05, 0) is 6.42 Å². The summed E-state index contributed by atoms with van der Waals surface area (Å²) in [5, 5.41) is 4.65. The first-order valence-corrected chi connectivity index (χ1v) is 5.62. The van der Waals surface area contributed by atoms with E-state index in [1.54, 1.807) is 0 Å². The van der Waals surface area contributed by atoms with Crippen LogP contribution in [0.25, 0.3) is 0 Å². The predicted octanol–water partition coefficient (Wildman–Crippen LogP) is 0.880. The van der Waals surface area contributed by atoms with Gasteiger partial charge in [-0.2, -0.15) is 25.8 Å². The molecule has 0 saturated heterocycles. The van der Waals surface area contributed by atoms with Crippen molar-refractivity contribution < 1.29 is 22.8 Å². The van der Waals surface area contributed by atoms with E-state index in [1.165, 1.54) is 6.92 Å². The van der Waals surface area contributed by atoms with Crippen molar-refractivity contribution in [2.75, 3.05) is 12.3 Å². The molecule has 0 aliphatic carbocycles. The van der Waals surface area contributed by atoms with Gasteiger partial charge >= 0.3 is 6.18 Å². The lowest BCUT2D eigenvalue weighted by atomic mass is 10.2. The molecule has 0 aromatic rings. The van der Waals surface area contributed by atoms with E-state index >= 15 is 0 Å². The number of carbonyl (C=O) groups is 2. The van der Waals surface area contributed by atoms with E-state index < -0.39 is 30.5 Å². The first kappa shape index (κ1) is 16.1. The normalized spacial score (nSPS) is 13.0. The maximum Gasteiger partial charge on any atom is 0.389 e. The van der Waals surface area contributed by atoms with Crippen LogP contribution in [-0.4, -0.2) is 36.3 Å². The molecule has 2 N–H and O–H groups in total. The van der Waals surface area contributed by atoms with Crippen molar-refractivity contribution in [1.82, 2.24) is 10.6 Å². The van der Waals surface area contributed by atoms with Crippen molar-refractivity contribution >= 4 is 24.4 Å². The van der Waals surface area contributed by atoms with Crippen molar-refractivity contribution in [3.63, 3.8) is 0 Å². The van der Waals surface area contributed by atoms with Crippen molar-refractivity contribution in [3.05, 3.63) is 0 Å². The Morgan fingerprint density at radius 2 is 1.94 bits per heavy atom. The van der Waals surface area contributed by atoms with Crippen molar-refractivity contribution in [3.8, 4) is 0 Å². The van der Waals surface area contributed by atoms with Crippen LogP contribution in [0.15, 0.2) is 0 Å². The van der Waals surface area contributed by atoms with Crippen LogP contribution in [0.1, 0.15) is 19.8 Å². The molecule has 100 valence electrons. The van der Waals surface area contributed by atoms with Gasteiger partial charge in [0.25, 0.3) is 0 Å². The van der Waals surface area contributed by atoms with Gasteiger partial charge in [-0.1, -0.05) is 0 Å². The Hall–Kier alpha value is -0.920. The lowest BCUT2D eigenvalue weighted by Crippen LogP contribution is -2.47. The van der Waals surface area contributed by atoms with Gasteiger partial charge in [-0.15, -0.1) is 0 Å². The summed E-state index contributed by atoms with van der Waals surface area (Å²) in [6.07, 6.45) is -5.35. The second-order valence-corrected chi connectivity index (χ2v) is 3.81. The molecule has 8 heteroatoms. The minimum Gasteiger partial charge on any atom is -0.354 e. The number of hydrogen-bond acceptors (Lipinski definition) is 3. The minimum absolute atomic E-state index is 0.0811. The van der Waals surface area contributed by atoms with Crippen LogP contribution >= 0.6 is 12.6 Å². The highest BCUT2D eigenvalue weighted by atomic mass is 32.1. The van der Waals surface area contributed by atoms with E-state index in [-0.39, 0.29) is 18.7 Å². The Morgan fingerprint density at radius 3 is 2.35 bits per heavy atom. The summed E-state index contributed by atoms with van der Waals surface area (Å²) in [5.41, 5.74) is 0. The number of thiol groups is 1. The van der Waals surface area contributed by atoms with Crippen molar-refractivity contribution in [2.24, 2.45) is 0 Å². The zero-order valence-electron chi connectivity index (χ0n) is 9.30. The van der Waals surface area contributed by atoms with Crippen LogP contribution in [0, 0.1) is 0 Å². The van der Waals surface area contributed by atoms with Gasteiger partial charge in [-0.3, -0.25) is 9.59 Å². The van der Waals surface area contributed by atoms with Gasteiger partial charge < -0.3 is 10.6 Å². The second-order valence-electron chi connectivity index (χ2n) is 3.45. The molecular weight excluding hydrogens is 257 g/mol. The molecule has 0 aromatic heterocycles. The Morgan fingerprint density at radius 1 is 1.35 bits per heavy atom. The number of hydrogen-bond donors (Lipinski definition) is 3. The number of amides is 2. The molecular formula is C9H15F3N2O2S. The standard InChI is InChI=1S/C9H15F3N2O2S/c1-6(15)14-7(5-17)8(16)13-4-2-3-9(10,11)12/h7,17H,2-5H2,1H3,(H,13,16)(H,14,15). The summed E-state index contributed by atoms with van der Waals surface area (Å²) in [6, 6.07) is -0.818. The number of halogens is 3. The first-order chi connectivity index (χ1) is 7.76. The monoisotopic (exact) mass is 272 g/mol. The zero-order valence-corrected chi connectivity index (χ0v) is 10.2. The molecule has 0 aliphatic rings. The zero-order chi connectivity index (χ0) is 13.5. The third kappa shape index (κ3) is 8.84. The summed E-state index contributed by atoms with van der Waals surface area (Å²) < 4.78 is 35.4. The fourth-order valence-electron chi connectivity index (χ4n) is 1.06. The Labute approximate surface area is 103 Å². The fourth-order valence-corrected chi connectivity index (χ4v) is 1.32. The van der Waals surface area contributed by atoms with E-state index in [9.17, 15) is 22.8 Å². The van der Waals surface area contributed by atoms with Crippen LogP contribution in [0.2, 0.25) is 0 Å². The third-order valence-corrected chi connectivity index (χ3v) is 2.18. The molecule has 0 heterocycles. The van der Waals surface area contributed by atoms with E-state index in [2.05, 4.69) is 23.3 Å². The Balaban J connectivity index is 3.87. The SMILES string of the molecule is CC(=O)NC(CS)C(=O)NCCCC(F)(F)F. The van der Waals surface area contributed by atoms with E-state index in [0.717, 1.165) is 0 Å². The number of rotatable bonds is 6. The molecule has 17 heavy (non-hydrogen) atoms. The molecule has 0 fully saturated rings. The van der Waals surface area contributed by atoms with E-state index in [4.69, 9.17) is 0 Å². The lowest BCUT2D eigenvalue weighted by Gasteiger charge is -2.15. The van der Waals surface area contributed by atoms with Crippen molar-refractivity contribution in [2.45, 2.75) is 32.0 Å². The number of alkyl halides is 3. The highest BCUT2D eigenvalue weighted by molar-refractivity contribution is 7.80. The molecule has 2 amide bonds. The topological polar surface area (TPSA) is 58.2 Å². The van der Waals surface area contributed by atoms with Gasteiger partial charge in [0, 0.05) is 25.6 Å². The summed E-state index contributed by atoms with van der Waals surface area (Å²) in [5.74, 6) is -0.836. The van der Waals surface area contributed by atoms with Gasteiger partial charge in [0.2, 0.25) is 11.8 Å². The van der Waals surface area contributed by atoms with Crippen LogP contribution in [0.3, 0.4) is 0 Å². The summed E-state index contributed by atoms with van der Waals surface area (Å²) in [4.78, 5) is 22.1. The molecule has 1 atom stereocenters. The Bertz CT molecular complexity index is 271. The number of carbonyl (C=O) groups excluding carboxylic acids is 2. The molecule has 0 aromatic carbocycles. The third-order valence-electron chi connectivity index (χ3n) is 1.81. The van der Waals surface area contributed by atoms with Crippen LogP contribution in [0.5, 0.6) is 0 Å². The van der Waals surface area contributed by atoms with E-state index in [0.29, 0.717) is 0 Å². The second kappa shape index (κ2) is 7.41. The summed E-state index contributed by atoms with van der Waals surface area (Å²) in [7, 11) is 0. The summed E-state index contributed by atoms with van der Waals surface area (Å²) >= 11 is 3.86.